The van der Waals surface area contributed by atoms with Crippen LogP contribution in [-0.2, 0) is 13.1 Å². The third-order valence-electron chi connectivity index (χ3n) is 4.39. The molecule has 2 N–H and O–H groups in total. The molecule has 5 heteroatoms. The second kappa shape index (κ2) is 4.74. The molecular formula is C15H22N4O. The fraction of sp³-hybridized carbons (Fsp3) is 0.600. The predicted molar refractivity (Wildman–Crippen MR) is 78.8 cm³/mol. The zero-order valence-electron chi connectivity index (χ0n) is 12.4. The second-order valence-electron chi connectivity index (χ2n) is 6.23. The van der Waals surface area contributed by atoms with Gasteiger partial charge < -0.3 is 15.5 Å². The minimum absolute atomic E-state index is 0.0259. The van der Waals surface area contributed by atoms with Gasteiger partial charge in [-0.3, -0.25) is 4.79 Å². The molecule has 0 spiro atoms. The van der Waals surface area contributed by atoms with Crippen molar-refractivity contribution in [2.24, 2.45) is 0 Å². The summed E-state index contributed by atoms with van der Waals surface area (Å²) in [6, 6.07) is 1.96. The number of hydrogen-bond donors (Lipinski definition) is 2. The minimum atomic E-state index is 0.0259. The van der Waals surface area contributed by atoms with Gasteiger partial charge in [0.15, 0.2) is 0 Å². The van der Waals surface area contributed by atoms with Crippen LogP contribution in [0.4, 0.5) is 5.82 Å². The van der Waals surface area contributed by atoms with Gasteiger partial charge in [0.2, 0.25) is 0 Å². The van der Waals surface area contributed by atoms with E-state index in [9.17, 15) is 4.79 Å². The molecule has 1 saturated heterocycles. The van der Waals surface area contributed by atoms with Crippen molar-refractivity contribution in [3.05, 3.63) is 22.9 Å². The summed E-state index contributed by atoms with van der Waals surface area (Å²) >= 11 is 0. The Morgan fingerprint density at radius 1 is 1.50 bits per heavy atom. The number of anilines is 1. The zero-order valence-corrected chi connectivity index (χ0v) is 12.4. The van der Waals surface area contributed by atoms with Crippen LogP contribution in [0, 0.1) is 0 Å². The molecule has 3 rings (SSSR count). The molecule has 5 nitrogen and oxygen atoms in total. The van der Waals surface area contributed by atoms with Crippen LogP contribution in [0.1, 0.15) is 48.3 Å². The Morgan fingerprint density at radius 3 is 2.95 bits per heavy atom. The van der Waals surface area contributed by atoms with Crippen LogP contribution in [0.5, 0.6) is 0 Å². The molecule has 0 bridgehead atoms. The summed E-state index contributed by atoms with van der Waals surface area (Å²) in [5, 5.41) is 6.04. The van der Waals surface area contributed by atoms with Crippen molar-refractivity contribution >= 4 is 11.7 Å². The first kappa shape index (κ1) is 13.4. The molecule has 0 saturated carbocycles. The summed E-state index contributed by atoms with van der Waals surface area (Å²) in [4.78, 5) is 19.1. The first-order chi connectivity index (χ1) is 9.53. The van der Waals surface area contributed by atoms with Crippen LogP contribution in [0.15, 0.2) is 6.07 Å². The average Bonchev–Trinajstić information content (AvgIpc) is 2.93. The van der Waals surface area contributed by atoms with Gasteiger partial charge in [0.05, 0.1) is 5.69 Å². The number of fused-ring (bicyclic) bond motifs is 1. The van der Waals surface area contributed by atoms with E-state index in [0.717, 1.165) is 29.2 Å². The van der Waals surface area contributed by atoms with Gasteiger partial charge in [-0.05, 0) is 39.8 Å². The van der Waals surface area contributed by atoms with Gasteiger partial charge in [-0.15, -0.1) is 0 Å². The lowest BCUT2D eigenvalue weighted by Crippen LogP contribution is -2.39. The summed E-state index contributed by atoms with van der Waals surface area (Å²) in [5.74, 6) is 0.964. The van der Waals surface area contributed by atoms with E-state index in [1.54, 1.807) is 0 Å². The van der Waals surface area contributed by atoms with E-state index in [-0.39, 0.29) is 11.4 Å². The summed E-state index contributed by atoms with van der Waals surface area (Å²) in [6.45, 7) is 6.79. The van der Waals surface area contributed by atoms with Crippen molar-refractivity contribution in [1.82, 2.24) is 15.6 Å². The first-order valence-electron chi connectivity index (χ1n) is 7.26. The van der Waals surface area contributed by atoms with E-state index >= 15 is 0 Å². The number of carbonyl (C=O) groups is 1. The average molecular weight is 274 g/mol. The van der Waals surface area contributed by atoms with Crippen LogP contribution in [0.25, 0.3) is 0 Å². The van der Waals surface area contributed by atoms with Crippen LogP contribution in [0.3, 0.4) is 0 Å². The van der Waals surface area contributed by atoms with Gasteiger partial charge >= 0.3 is 0 Å². The van der Waals surface area contributed by atoms with Crippen molar-refractivity contribution in [1.29, 1.82) is 0 Å². The third kappa shape index (κ3) is 2.06. The lowest BCUT2D eigenvalue weighted by Gasteiger charge is -2.33. The molecular weight excluding hydrogens is 252 g/mol. The fourth-order valence-corrected chi connectivity index (χ4v) is 3.26. The Hall–Kier alpha value is -1.62. The molecule has 20 heavy (non-hydrogen) atoms. The molecule has 2 aliphatic rings. The van der Waals surface area contributed by atoms with Crippen LogP contribution >= 0.6 is 0 Å². The lowest BCUT2D eigenvalue weighted by atomic mass is 10.0. The largest absolute Gasteiger partial charge is 0.351 e. The Labute approximate surface area is 119 Å². The summed E-state index contributed by atoms with van der Waals surface area (Å²) in [6.07, 6.45) is 2.35. The van der Waals surface area contributed by atoms with E-state index < -0.39 is 0 Å². The summed E-state index contributed by atoms with van der Waals surface area (Å²) in [5.41, 5.74) is 2.95. The topological polar surface area (TPSA) is 57.3 Å². The Morgan fingerprint density at radius 2 is 2.30 bits per heavy atom. The van der Waals surface area contributed by atoms with Crippen LogP contribution in [0.2, 0.25) is 0 Å². The highest BCUT2D eigenvalue weighted by Crippen LogP contribution is 2.34. The Balaban J connectivity index is 2.06. The highest BCUT2D eigenvalue weighted by Gasteiger charge is 2.34. The van der Waals surface area contributed by atoms with Gasteiger partial charge in [0.25, 0.3) is 5.91 Å². The van der Waals surface area contributed by atoms with E-state index in [0.29, 0.717) is 13.1 Å². The van der Waals surface area contributed by atoms with E-state index in [2.05, 4.69) is 29.4 Å². The third-order valence-corrected chi connectivity index (χ3v) is 4.39. The molecule has 108 valence electrons. The normalized spacial score (nSPS) is 20.1. The fourth-order valence-electron chi connectivity index (χ4n) is 3.26. The number of aromatic nitrogens is 1. The lowest BCUT2D eigenvalue weighted by molar-refractivity contribution is 0.0965. The van der Waals surface area contributed by atoms with E-state index in [1.165, 1.54) is 12.8 Å². The molecule has 0 atom stereocenters. The SMILES string of the molecule is CNCc1nc(N2CCCC2(C)C)cc2c1CNC2=O. The number of nitrogens with zero attached hydrogens (tertiary/aromatic N) is 2. The van der Waals surface area contributed by atoms with Crippen molar-refractivity contribution in [2.75, 3.05) is 18.5 Å². The minimum Gasteiger partial charge on any atom is -0.351 e. The maximum absolute atomic E-state index is 12.0. The Kier molecular flexibility index (Phi) is 3.17. The highest BCUT2D eigenvalue weighted by molar-refractivity contribution is 5.99. The van der Waals surface area contributed by atoms with Gasteiger partial charge in [-0.2, -0.15) is 0 Å². The van der Waals surface area contributed by atoms with E-state index in [1.807, 2.05) is 13.1 Å². The van der Waals surface area contributed by atoms with Crippen LogP contribution in [-0.4, -0.2) is 30.0 Å². The molecule has 2 aliphatic heterocycles. The van der Waals surface area contributed by atoms with Gasteiger partial charge in [-0.1, -0.05) is 0 Å². The number of carbonyl (C=O) groups excluding carboxylic acids is 1. The molecule has 0 unspecified atom stereocenters. The molecule has 1 fully saturated rings. The van der Waals surface area contributed by atoms with Crippen molar-refractivity contribution in [3.63, 3.8) is 0 Å². The monoisotopic (exact) mass is 274 g/mol. The molecule has 1 amide bonds. The maximum Gasteiger partial charge on any atom is 0.252 e. The number of rotatable bonds is 3. The van der Waals surface area contributed by atoms with Crippen molar-refractivity contribution in [2.45, 2.75) is 45.3 Å². The molecule has 1 aromatic heterocycles. The number of nitrogens with one attached hydrogen (secondary N) is 2. The second-order valence-corrected chi connectivity index (χ2v) is 6.23. The predicted octanol–water partition coefficient (Wildman–Crippen LogP) is 1.42. The smallest absolute Gasteiger partial charge is 0.252 e. The standard InChI is InChI=1S/C15H22N4O/c1-15(2)5-4-6-19(15)13-7-10-11(8-17-14(10)20)12(18-13)9-16-3/h7,16H,4-6,8-9H2,1-3H3,(H,17,20). The van der Waals surface area contributed by atoms with Crippen molar-refractivity contribution < 1.29 is 4.79 Å². The van der Waals surface area contributed by atoms with Crippen LogP contribution < -0.4 is 15.5 Å². The number of amides is 1. The quantitative estimate of drug-likeness (QED) is 0.875. The van der Waals surface area contributed by atoms with Gasteiger partial charge in [-0.25, -0.2) is 4.98 Å². The van der Waals surface area contributed by atoms with Crippen molar-refractivity contribution in [3.8, 4) is 0 Å². The van der Waals surface area contributed by atoms with Gasteiger partial charge in [0.1, 0.15) is 5.82 Å². The molecule has 0 aromatic carbocycles. The maximum atomic E-state index is 12.0. The number of pyridine rings is 1. The molecule has 0 aliphatic carbocycles. The highest BCUT2D eigenvalue weighted by atomic mass is 16.1. The summed E-state index contributed by atoms with van der Waals surface area (Å²) < 4.78 is 0. The zero-order chi connectivity index (χ0) is 14.3. The number of hydrogen-bond acceptors (Lipinski definition) is 4. The first-order valence-corrected chi connectivity index (χ1v) is 7.26. The molecule has 1 aromatic rings. The molecule has 0 radical (unpaired) electrons. The Bertz CT molecular complexity index is 553. The molecule has 3 heterocycles. The van der Waals surface area contributed by atoms with Gasteiger partial charge in [0, 0.05) is 36.3 Å². The van der Waals surface area contributed by atoms with E-state index in [4.69, 9.17) is 4.98 Å². The summed E-state index contributed by atoms with van der Waals surface area (Å²) in [7, 11) is 1.91.